The van der Waals surface area contributed by atoms with Crippen molar-refractivity contribution in [3.8, 4) is 0 Å². The van der Waals surface area contributed by atoms with Gasteiger partial charge in [0.25, 0.3) is 0 Å². The van der Waals surface area contributed by atoms with Crippen molar-refractivity contribution in [2.24, 2.45) is 0 Å². The van der Waals surface area contributed by atoms with Gasteiger partial charge >= 0.3 is 0 Å². The van der Waals surface area contributed by atoms with Crippen molar-refractivity contribution in [3.05, 3.63) is 0 Å². The van der Waals surface area contributed by atoms with E-state index in [1.165, 1.54) is 32.2 Å². The van der Waals surface area contributed by atoms with Crippen LogP contribution in [-0.2, 0) is 4.74 Å². The molecule has 0 aliphatic carbocycles. The van der Waals surface area contributed by atoms with Crippen LogP contribution in [0.25, 0.3) is 0 Å². The normalized spacial score (nSPS) is 27.2. The molecule has 1 aliphatic rings. The molecule has 0 aromatic heterocycles. The predicted octanol–water partition coefficient (Wildman–Crippen LogP) is 2.92. The van der Waals surface area contributed by atoms with Crippen molar-refractivity contribution < 1.29 is 4.74 Å². The molecule has 2 nitrogen and oxygen atoms in total. The minimum Gasteiger partial charge on any atom is -0.383 e. The Morgan fingerprint density at radius 1 is 1.36 bits per heavy atom. The molecule has 86 valence electrons. The maximum absolute atomic E-state index is 5.31. The Morgan fingerprint density at radius 2 is 2.00 bits per heavy atom. The molecule has 0 amide bonds. The number of nitrogens with zero attached hydrogens (tertiary/aromatic N) is 1. The fourth-order valence-corrected chi connectivity index (χ4v) is 2.38. The number of likely N-dealkylation sites (tertiary alicyclic amines) is 1. The van der Waals surface area contributed by atoms with Gasteiger partial charge in [-0.1, -0.05) is 27.2 Å². The summed E-state index contributed by atoms with van der Waals surface area (Å²) >= 11 is 0. The quantitative estimate of drug-likeness (QED) is 0.693. The second-order valence-electron chi connectivity index (χ2n) is 3.93. The summed E-state index contributed by atoms with van der Waals surface area (Å²) in [6.07, 6.45) is 5.18. The van der Waals surface area contributed by atoms with Crippen LogP contribution in [-0.4, -0.2) is 37.7 Å². The summed E-state index contributed by atoms with van der Waals surface area (Å²) in [5, 5.41) is 0. The Morgan fingerprint density at radius 3 is 2.36 bits per heavy atom. The average molecular weight is 201 g/mol. The predicted molar refractivity (Wildman–Crippen MR) is 62.7 cm³/mol. The van der Waals surface area contributed by atoms with Crippen LogP contribution in [0.4, 0.5) is 0 Å². The van der Waals surface area contributed by atoms with Gasteiger partial charge in [0, 0.05) is 12.6 Å². The largest absolute Gasteiger partial charge is 0.383 e. The van der Waals surface area contributed by atoms with Gasteiger partial charge in [0.15, 0.2) is 0 Å². The first-order valence-electron chi connectivity index (χ1n) is 5.95. The molecule has 1 rings (SSSR count). The van der Waals surface area contributed by atoms with E-state index in [9.17, 15) is 0 Å². The molecule has 0 bridgehead atoms. The fourth-order valence-electron chi connectivity index (χ4n) is 2.38. The van der Waals surface area contributed by atoms with Gasteiger partial charge in [-0.3, -0.25) is 4.90 Å². The van der Waals surface area contributed by atoms with Crippen LogP contribution in [0, 0.1) is 0 Å². The summed E-state index contributed by atoms with van der Waals surface area (Å²) in [6.45, 7) is 8.39. The third kappa shape index (κ3) is 3.25. The van der Waals surface area contributed by atoms with Crippen LogP contribution < -0.4 is 0 Å². The molecule has 1 saturated heterocycles. The van der Waals surface area contributed by atoms with Gasteiger partial charge in [0.2, 0.25) is 0 Å². The highest BCUT2D eigenvalue weighted by molar-refractivity contribution is 4.93. The van der Waals surface area contributed by atoms with Crippen LogP contribution in [0.3, 0.4) is 0 Å². The molecular weight excluding hydrogens is 174 g/mol. The maximum atomic E-state index is 5.31. The first-order valence-corrected chi connectivity index (χ1v) is 5.95. The van der Waals surface area contributed by atoms with E-state index in [2.05, 4.69) is 18.9 Å². The Hall–Kier alpha value is -0.0800. The molecule has 0 N–H and O–H groups in total. The van der Waals surface area contributed by atoms with Crippen molar-refractivity contribution in [1.29, 1.82) is 0 Å². The Kier molecular flexibility index (Phi) is 7.20. The molecule has 0 radical (unpaired) electrons. The molecule has 0 aromatic carbocycles. The average Bonchev–Trinajstić information content (AvgIpc) is 2.53. The van der Waals surface area contributed by atoms with E-state index in [0.717, 1.165) is 6.61 Å². The molecule has 1 atom stereocenters. The summed E-state index contributed by atoms with van der Waals surface area (Å²) in [5.41, 5.74) is 0.365. The van der Waals surface area contributed by atoms with E-state index in [-0.39, 0.29) is 0 Å². The molecule has 14 heavy (non-hydrogen) atoms. The second-order valence-corrected chi connectivity index (χ2v) is 3.93. The van der Waals surface area contributed by atoms with Crippen LogP contribution in [0.1, 0.15) is 46.5 Å². The van der Waals surface area contributed by atoms with Crippen LogP contribution in [0.15, 0.2) is 0 Å². The molecule has 1 heterocycles. The molecular formula is C12H27NO. The SMILES string of the molecule is CC.CCCC1(COC)CCCN1C. The monoisotopic (exact) mass is 201 g/mol. The molecule has 0 aromatic rings. The third-order valence-corrected chi connectivity index (χ3v) is 3.07. The smallest absolute Gasteiger partial charge is 0.0646 e. The molecule has 1 fully saturated rings. The zero-order valence-corrected chi connectivity index (χ0v) is 10.6. The third-order valence-electron chi connectivity index (χ3n) is 3.07. The first-order chi connectivity index (χ1) is 6.75. The Balaban J connectivity index is 0.000000791. The summed E-state index contributed by atoms with van der Waals surface area (Å²) in [6, 6.07) is 0. The lowest BCUT2D eigenvalue weighted by molar-refractivity contribution is 0.0461. The van der Waals surface area contributed by atoms with Gasteiger partial charge in [-0.15, -0.1) is 0 Å². The lowest BCUT2D eigenvalue weighted by Gasteiger charge is -2.35. The van der Waals surface area contributed by atoms with Gasteiger partial charge in [0.1, 0.15) is 0 Å². The van der Waals surface area contributed by atoms with Gasteiger partial charge in [-0.25, -0.2) is 0 Å². The highest BCUT2D eigenvalue weighted by atomic mass is 16.5. The zero-order chi connectivity index (χ0) is 11.0. The molecule has 0 spiro atoms. The van der Waals surface area contributed by atoms with Gasteiger partial charge in [-0.05, 0) is 32.9 Å². The summed E-state index contributed by atoms with van der Waals surface area (Å²) in [7, 11) is 4.03. The van der Waals surface area contributed by atoms with Crippen molar-refractivity contribution >= 4 is 0 Å². The summed E-state index contributed by atoms with van der Waals surface area (Å²) < 4.78 is 5.31. The van der Waals surface area contributed by atoms with E-state index in [0.29, 0.717) is 5.54 Å². The van der Waals surface area contributed by atoms with Crippen molar-refractivity contribution in [2.75, 3.05) is 27.3 Å². The van der Waals surface area contributed by atoms with Gasteiger partial charge in [-0.2, -0.15) is 0 Å². The summed E-state index contributed by atoms with van der Waals surface area (Å²) in [4.78, 5) is 2.47. The topological polar surface area (TPSA) is 12.5 Å². The lowest BCUT2D eigenvalue weighted by atomic mass is 9.92. The van der Waals surface area contributed by atoms with E-state index in [4.69, 9.17) is 4.74 Å². The molecule has 1 aliphatic heterocycles. The van der Waals surface area contributed by atoms with Gasteiger partial charge in [0.05, 0.1) is 6.61 Å². The van der Waals surface area contributed by atoms with E-state index in [1.54, 1.807) is 0 Å². The van der Waals surface area contributed by atoms with E-state index >= 15 is 0 Å². The number of methoxy groups -OCH3 is 1. The van der Waals surface area contributed by atoms with Crippen LogP contribution in [0.2, 0.25) is 0 Å². The van der Waals surface area contributed by atoms with Crippen LogP contribution in [0.5, 0.6) is 0 Å². The molecule has 2 heteroatoms. The standard InChI is InChI=1S/C10H21NO.C2H6/c1-4-6-10(9-12-3)7-5-8-11(10)2;1-2/h4-9H2,1-3H3;1-2H3. The number of rotatable bonds is 4. The Bertz CT molecular complexity index is 130. The fraction of sp³-hybridized carbons (Fsp3) is 1.00. The Labute approximate surface area is 89.6 Å². The van der Waals surface area contributed by atoms with E-state index < -0.39 is 0 Å². The second kappa shape index (κ2) is 7.24. The number of hydrogen-bond acceptors (Lipinski definition) is 2. The van der Waals surface area contributed by atoms with Crippen LogP contribution >= 0.6 is 0 Å². The summed E-state index contributed by atoms with van der Waals surface area (Å²) in [5.74, 6) is 0. The highest BCUT2D eigenvalue weighted by Crippen LogP contribution is 2.32. The first kappa shape index (κ1) is 13.9. The maximum Gasteiger partial charge on any atom is 0.0646 e. The molecule has 0 saturated carbocycles. The minimum atomic E-state index is 0.365. The molecule has 1 unspecified atom stereocenters. The number of ether oxygens (including phenoxy) is 1. The van der Waals surface area contributed by atoms with Crippen molar-refractivity contribution in [2.45, 2.75) is 52.0 Å². The van der Waals surface area contributed by atoms with E-state index in [1.807, 2.05) is 21.0 Å². The van der Waals surface area contributed by atoms with Gasteiger partial charge < -0.3 is 4.74 Å². The van der Waals surface area contributed by atoms with Crippen molar-refractivity contribution in [1.82, 2.24) is 4.90 Å². The lowest BCUT2D eigenvalue weighted by Crippen LogP contribution is -2.45. The number of hydrogen-bond donors (Lipinski definition) is 0. The highest BCUT2D eigenvalue weighted by Gasteiger charge is 2.37. The van der Waals surface area contributed by atoms with Crippen molar-refractivity contribution in [3.63, 3.8) is 0 Å². The minimum absolute atomic E-state index is 0.365. The number of likely N-dealkylation sites (N-methyl/N-ethyl adjacent to an activating group) is 1. The zero-order valence-electron chi connectivity index (χ0n) is 10.6.